The van der Waals surface area contributed by atoms with Crippen molar-refractivity contribution in [3.8, 4) is 0 Å². The molecule has 0 rings (SSSR count). The first-order chi connectivity index (χ1) is 6.30. The zero-order valence-corrected chi connectivity index (χ0v) is 10.4. The molecule has 1 amide bonds. The van der Waals surface area contributed by atoms with E-state index in [0.29, 0.717) is 0 Å². The SMILES string of the molecule is C=CCS(=O)(=O)NC(C(N)=O)C(C)C.Cl. The minimum absolute atomic E-state index is 0. The predicted octanol–water partition coefficient (Wildman–Crippen LogP) is 0.0235. The topological polar surface area (TPSA) is 89.3 Å². The van der Waals surface area contributed by atoms with E-state index in [-0.39, 0.29) is 24.1 Å². The van der Waals surface area contributed by atoms with E-state index >= 15 is 0 Å². The average molecular weight is 257 g/mol. The highest BCUT2D eigenvalue weighted by atomic mass is 35.5. The van der Waals surface area contributed by atoms with Gasteiger partial charge >= 0.3 is 0 Å². The Morgan fingerprint density at radius 3 is 2.27 bits per heavy atom. The van der Waals surface area contributed by atoms with Crippen molar-refractivity contribution < 1.29 is 13.2 Å². The van der Waals surface area contributed by atoms with Crippen molar-refractivity contribution in [2.75, 3.05) is 5.75 Å². The number of nitrogens with one attached hydrogen (secondary N) is 1. The molecule has 0 saturated heterocycles. The van der Waals surface area contributed by atoms with Crippen LogP contribution in [-0.4, -0.2) is 26.1 Å². The number of carbonyl (C=O) groups excluding carboxylic acids is 1. The maximum absolute atomic E-state index is 11.3. The zero-order valence-electron chi connectivity index (χ0n) is 8.76. The maximum atomic E-state index is 11.3. The van der Waals surface area contributed by atoms with E-state index in [1.165, 1.54) is 6.08 Å². The molecule has 3 N–H and O–H groups in total. The Morgan fingerprint density at radius 2 is 2.00 bits per heavy atom. The minimum Gasteiger partial charge on any atom is -0.368 e. The minimum atomic E-state index is -3.49. The summed E-state index contributed by atoms with van der Waals surface area (Å²) < 4.78 is 24.7. The Balaban J connectivity index is 0. The molecule has 0 aliphatic heterocycles. The van der Waals surface area contributed by atoms with Gasteiger partial charge in [0.2, 0.25) is 15.9 Å². The van der Waals surface area contributed by atoms with Crippen molar-refractivity contribution in [3.63, 3.8) is 0 Å². The lowest BCUT2D eigenvalue weighted by atomic mass is 10.1. The number of hydrogen-bond acceptors (Lipinski definition) is 3. The molecule has 0 bridgehead atoms. The molecule has 0 aliphatic carbocycles. The van der Waals surface area contributed by atoms with Gasteiger partial charge < -0.3 is 5.73 Å². The fourth-order valence-corrected chi connectivity index (χ4v) is 2.10. The third kappa shape index (κ3) is 6.48. The number of amides is 1. The van der Waals surface area contributed by atoms with Crippen LogP contribution in [0, 0.1) is 5.92 Å². The zero-order chi connectivity index (χ0) is 11.4. The summed E-state index contributed by atoms with van der Waals surface area (Å²) in [6.45, 7) is 6.74. The molecule has 0 aliphatic rings. The van der Waals surface area contributed by atoms with Gasteiger partial charge in [-0.15, -0.1) is 19.0 Å². The van der Waals surface area contributed by atoms with Crippen molar-refractivity contribution in [1.82, 2.24) is 4.72 Å². The van der Waals surface area contributed by atoms with Gasteiger partial charge in [-0.1, -0.05) is 19.9 Å². The lowest BCUT2D eigenvalue weighted by Crippen LogP contribution is -2.48. The van der Waals surface area contributed by atoms with Crippen LogP contribution in [0.2, 0.25) is 0 Å². The molecule has 0 fully saturated rings. The molecule has 0 heterocycles. The van der Waals surface area contributed by atoms with Crippen LogP contribution in [0.15, 0.2) is 12.7 Å². The van der Waals surface area contributed by atoms with Gasteiger partial charge in [-0.25, -0.2) is 13.1 Å². The second-order valence-electron chi connectivity index (χ2n) is 3.31. The molecule has 7 heteroatoms. The number of halogens is 1. The van der Waals surface area contributed by atoms with Crippen LogP contribution in [0.5, 0.6) is 0 Å². The number of nitrogens with two attached hydrogens (primary N) is 1. The molecule has 0 spiro atoms. The molecule has 0 radical (unpaired) electrons. The molecule has 1 unspecified atom stereocenters. The summed E-state index contributed by atoms with van der Waals surface area (Å²) in [5, 5.41) is 0. The van der Waals surface area contributed by atoms with E-state index in [0.717, 1.165) is 0 Å². The van der Waals surface area contributed by atoms with E-state index in [9.17, 15) is 13.2 Å². The van der Waals surface area contributed by atoms with Crippen molar-refractivity contribution >= 4 is 28.3 Å². The summed E-state index contributed by atoms with van der Waals surface area (Å²) >= 11 is 0. The first-order valence-electron chi connectivity index (χ1n) is 4.20. The summed E-state index contributed by atoms with van der Waals surface area (Å²) in [5.41, 5.74) is 5.05. The normalized spacial score (nSPS) is 13.0. The standard InChI is InChI=1S/C8H16N2O3S.ClH/c1-4-5-14(12,13)10-7(6(2)3)8(9)11;/h4,6-7,10H,1,5H2,2-3H3,(H2,9,11);1H. The summed E-state index contributed by atoms with van der Waals surface area (Å²) in [6.07, 6.45) is 1.25. The monoisotopic (exact) mass is 256 g/mol. The quantitative estimate of drug-likeness (QED) is 0.657. The number of hydrogen-bond donors (Lipinski definition) is 2. The number of primary amides is 1. The van der Waals surface area contributed by atoms with Gasteiger partial charge in [-0.2, -0.15) is 0 Å². The van der Waals surface area contributed by atoms with Gasteiger partial charge in [0.05, 0.1) is 5.75 Å². The Kier molecular flexibility index (Phi) is 7.64. The van der Waals surface area contributed by atoms with Crippen LogP contribution in [0.1, 0.15) is 13.8 Å². The smallest absolute Gasteiger partial charge is 0.235 e. The fraction of sp³-hybridized carbons (Fsp3) is 0.625. The average Bonchev–Trinajstić information content (AvgIpc) is 1.99. The van der Waals surface area contributed by atoms with Gasteiger partial charge in [0.1, 0.15) is 6.04 Å². The van der Waals surface area contributed by atoms with Crippen LogP contribution in [0.3, 0.4) is 0 Å². The van der Waals surface area contributed by atoms with Crippen LogP contribution >= 0.6 is 12.4 Å². The molecular formula is C8H17ClN2O3S. The highest BCUT2D eigenvalue weighted by Crippen LogP contribution is 2.02. The highest BCUT2D eigenvalue weighted by Gasteiger charge is 2.24. The van der Waals surface area contributed by atoms with Gasteiger partial charge in [0.15, 0.2) is 0 Å². The third-order valence-corrected chi connectivity index (χ3v) is 2.90. The summed E-state index contributed by atoms with van der Waals surface area (Å²) in [6, 6.07) is -0.861. The molecule has 5 nitrogen and oxygen atoms in total. The molecule has 0 saturated carbocycles. The molecular weight excluding hydrogens is 240 g/mol. The van der Waals surface area contributed by atoms with Gasteiger partial charge in [-0.05, 0) is 5.92 Å². The van der Waals surface area contributed by atoms with E-state index in [1.54, 1.807) is 13.8 Å². The van der Waals surface area contributed by atoms with E-state index < -0.39 is 22.0 Å². The summed E-state index contributed by atoms with van der Waals surface area (Å²) in [5.74, 6) is -1.07. The van der Waals surface area contributed by atoms with Crippen LogP contribution in [0.4, 0.5) is 0 Å². The lowest BCUT2D eigenvalue weighted by Gasteiger charge is -2.18. The molecule has 1 atom stereocenters. The van der Waals surface area contributed by atoms with Crippen molar-refractivity contribution in [2.45, 2.75) is 19.9 Å². The lowest BCUT2D eigenvalue weighted by molar-refractivity contribution is -0.120. The molecule has 0 aromatic heterocycles. The Labute approximate surface area is 96.6 Å². The number of carbonyl (C=O) groups is 1. The second kappa shape index (κ2) is 6.81. The molecule has 90 valence electrons. The Bertz CT molecular complexity index is 314. The van der Waals surface area contributed by atoms with E-state index in [4.69, 9.17) is 5.73 Å². The highest BCUT2D eigenvalue weighted by molar-refractivity contribution is 7.89. The second-order valence-corrected chi connectivity index (χ2v) is 5.11. The van der Waals surface area contributed by atoms with Crippen LogP contribution in [-0.2, 0) is 14.8 Å². The first-order valence-corrected chi connectivity index (χ1v) is 5.85. The van der Waals surface area contributed by atoms with Gasteiger partial charge in [0, 0.05) is 0 Å². The number of rotatable bonds is 6. The van der Waals surface area contributed by atoms with Crippen molar-refractivity contribution in [2.24, 2.45) is 11.7 Å². The number of sulfonamides is 1. The van der Waals surface area contributed by atoms with Gasteiger partial charge in [0.25, 0.3) is 0 Å². The Hall–Kier alpha value is -0.590. The fourth-order valence-electron chi connectivity index (χ4n) is 0.919. The summed E-state index contributed by atoms with van der Waals surface area (Å²) in [7, 11) is -3.49. The first kappa shape index (κ1) is 16.8. The maximum Gasteiger partial charge on any atom is 0.235 e. The summed E-state index contributed by atoms with van der Waals surface area (Å²) in [4.78, 5) is 10.9. The van der Waals surface area contributed by atoms with Gasteiger partial charge in [-0.3, -0.25) is 4.79 Å². The Morgan fingerprint density at radius 1 is 1.53 bits per heavy atom. The van der Waals surface area contributed by atoms with Crippen molar-refractivity contribution in [3.05, 3.63) is 12.7 Å². The largest absolute Gasteiger partial charge is 0.368 e. The third-order valence-electron chi connectivity index (χ3n) is 1.62. The van der Waals surface area contributed by atoms with Crippen molar-refractivity contribution in [1.29, 1.82) is 0 Å². The van der Waals surface area contributed by atoms with Crippen LogP contribution < -0.4 is 10.5 Å². The van der Waals surface area contributed by atoms with E-state index in [1.807, 2.05) is 0 Å². The molecule has 0 aromatic carbocycles. The molecule has 15 heavy (non-hydrogen) atoms. The van der Waals surface area contributed by atoms with E-state index in [2.05, 4.69) is 11.3 Å². The molecule has 0 aromatic rings. The predicted molar refractivity (Wildman–Crippen MR) is 62.2 cm³/mol. The van der Waals surface area contributed by atoms with Crippen LogP contribution in [0.25, 0.3) is 0 Å².